The van der Waals surface area contributed by atoms with E-state index in [4.69, 9.17) is 5.11 Å². The molecule has 1 N–H and O–H groups in total. The maximum absolute atomic E-state index is 10.9. The Morgan fingerprint density at radius 2 is 2.00 bits per heavy atom. The molecule has 6 heteroatoms. The molecular formula is C11H20N4O2. The van der Waals surface area contributed by atoms with Crippen LogP contribution in [-0.4, -0.2) is 31.3 Å². The Kier molecular flexibility index (Phi) is 3.85. The summed E-state index contributed by atoms with van der Waals surface area (Å²) in [5, 5.41) is 20.2. The second-order valence-corrected chi connectivity index (χ2v) is 5.53. The SMILES string of the molecule is CC(C(=O)O)n1nnnc1CC(C)C(C)(C)C. The quantitative estimate of drug-likeness (QED) is 0.863. The van der Waals surface area contributed by atoms with Gasteiger partial charge in [-0.3, -0.25) is 0 Å². The van der Waals surface area contributed by atoms with Gasteiger partial charge in [0.25, 0.3) is 0 Å². The lowest BCUT2D eigenvalue weighted by Gasteiger charge is -2.26. The second-order valence-electron chi connectivity index (χ2n) is 5.53. The largest absolute Gasteiger partial charge is 0.480 e. The van der Waals surface area contributed by atoms with Crippen molar-refractivity contribution in [1.82, 2.24) is 20.2 Å². The summed E-state index contributed by atoms with van der Waals surface area (Å²) in [6.07, 6.45) is 0.675. The highest BCUT2D eigenvalue weighted by Gasteiger charge is 2.25. The van der Waals surface area contributed by atoms with Crippen molar-refractivity contribution in [3.05, 3.63) is 5.82 Å². The Hall–Kier alpha value is -1.46. The van der Waals surface area contributed by atoms with E-state index in [-0.39, 0.29) is 5.41 Å². The van der Waals surface area contributed by atoms with Crippen LogP contribution in [0.3, 0.4) is 0 Å². The normalized spacial score (nSPS) is 15.6. The minimum absolute atomic E-state index is 0.142. The summed E-state index contributed by atoms with van der Waals surface area (Å²) >= 11 is 0. The predicted octanol–water partition coefficient (Wildman–Crippen LogP) is 1.54. The fourth-order valence-electron chi connectivity index (χ4n) is 1.33. The lowest BCUT2D eigenvalue weighted by molar-refractivity contribution is -0.140. The summed E-state index contributed by atoms with van der Waals surface area (Å²) < 4.78 is 1.38. The van der Waals surface area contributed by atoms with Crippen molar-refractivity contribution < 1.29 is 9.90 Å². The Labute approximate surface area is 101 Å². The van der Waals surface area contributed by atoms with E-state index >= 15 is 0 Å². The van der Waals surface area contributed by atoms with Crippen LogP contribution < -0.4 is 0 Å². The number of aliphatic carboxylic acids is 1. The molecule has 0 fully saturated rings. The minimum Gasteiger partial charge on any atom is -0.480 e. The number of carboxylic acid groups (broad SMARTS) is 1. The topological polar surface area (TPSA) is 80.9 Å². The van der Waals surface area contributed by atoms with Gasteiger partial charge in [0.15, 0.2) is 5.82 Å². The number of tetrazole rings is 1. The lowest BCUT2D eigenvalue weighted by atomic mass is 9.80. The standard InChI is InChI=1S/C11H20N4O2/c1-7(11(3,4)5)6-9-12-13-14-15(9)8(2)10(16)17/h7-8H,6H2,1-5H3,(H,16,17). The zero-order valence-electron chi connectivity index (χ0n) is 11.0. The van der Waals surface area contributed by atoms with E-state index in [9.17, 15) is 4.79 Å². The van der Waals surface area contributed by atoms with Gasteiger partial charge >= 0.3 is 5.97 Å². The Morgan fingerprint density at radius 1 is 1.41 bits per heavy atom. The van der Waals surface area contributed by atoms with E-state index in [0.717, 1.165) is 0 Å². The van der Waals surface area contributed by atoms with E-state index in [1.165, 1.54) is 4.68 Å². The molecule has 0 saturated carbocycles. The average Bonchev–Trinajstić information content (AvgIpc) is 2.63. The average molecular weight is 240 g/mol. The Bertz CT molecular complexity index is 394. The van der Waals surface area contributed by atoms with Crippen molar-refractivity contribution in [3.63, 3.8) is 0 Å². The van der Waals surface area contributed by atoms with Gasteiger partial charge in [0.1, 0.15) is 6.04 Å². The smallest absolute Gasteiger partial charge is 0.328 e. The molecule has 1 heterocycles. The number of hydrogen-bond acceptors (Lipinski definition) is 4. The maximum Gasteiger partial charge on any atom is 0.328 e. The van der Waals surface area contributed by atoms with E-state index in [2.05, 4.69) is 43.2 Å². The van der Waals surface area contributed by atoms with Crippen LogP contribution in [0.15, 0.2) is 0 Å². The van der Waals surface area contributed by atoms with Gasteiger partial charge < -0.3 is 5.11 Å². The number of nitrogens with zero attached hydrogens (tertiary/aromatic N) is 4. The molecule has 2 atom stereocenters. The van der Waals surface area contributed by atoms with Gasteiger partial charge in [0.2, 0.25) is 0 Å². The predicted molar refractivity (Wildman–Crippen MR) is 62.5 cm³/mol. The molecule has 1 aromatic rings. The Morgan fingerprint density at radius 3 is 2.47 bits per heavy atom. The Balaban J connectivity index is 2.87. The molecule has 1 rings (SSSR count). The molecule has 0 spiro atoms. The van der Waals surface area contributed by atoms with Crippen LogP contribution in [0.25, 0.3) is 0 Å². The molecule has 0 aromatic carbocycles. The van der Waals surface area contributed by atoms with Gasteiger partial charge in [0, 0.05) is 6.42 Å². The first-order valence-electron chi connectivity index (χ1n) is 5.73. The van der Waals surface area contributed by atoms with Crippen LogP contribution in [0, 0.1) is 11.3 Å². The molecule has 0 amide bonds. The first-order valence-corrected chi connectivity index (χ1v) is 5.73. The van der Waals surface area contributed by atoms with Crippen LogP contribution >= 0.6 is 0 Å². The fraction of sp³-hybridized carbons (Fsp3) is 0.818. The second kappa shape index (κ2) is 4.81. The first-order chi connectivity index (χ1) is 7.73. The van der Waals surface area contributed by atoms with Gasteiger partial charge in [-0.25, -0.2) is 9.48 Å². The van der Waals surface area contributed by atoms with Crippen LogP contribution in [0.1, 0.15) is 46.5 Å². The molecule has 0 aliphatic rings. The third-order valence-electron chi connectivity index (χ3n) is 3.25. The minimum atomic E-state index is -0.929. The zero-order valence-corrected chi connectivity index (χ0v) is 11.0. The van der Waals surface area contributed by atoms with Crippen LogP contribution in [0.2, 0.25) is 0 Å². The molecule has 0 saturated heterocycles. The van der Waals surface area contributed by atoms with Crippen molar-refractivity contribution in [3.8, 4) is 0 Å². The molecular weight excluding hydrogens is 220 g/mol. The van der Waals surface area contributed by atoms with E-state index in [1.54, 1.807) is 6.92 Å². The highest BCUT2D eigenvalue weighted by atomic mass is 16.4. The third-order valence-corrected chi connectivity index (χ3v) is 3.25. The van der Waals surface area contributed by atoms with Crippen molar-refractivity contribution in [2.24, 2.45) is 11.3 Å². The summed E-state index contributed by atoms with van der Waals surface area (Å²) in [5.41, 5.74) is 0.142. The highest BCUT2D eigenvalue weighted by molar-refractivity contribution is 5.71. The van der Waals surface area contributed by atoms with Crippen LogP contribution in [-0.2, 0) is 11.2 Å². The van der Waals surface area contributed by atoms with Crippen molar-refractivity contribution in [2.45, 2.75) is 47.1 Å². The highest BCUT2D eigenvalue weighted by Crippen LogP contribution is 2.28. The van der Waals surface area contributed by atoms with Gasteiger partial charge in [-0.05, 0) is 28.7 Å². The number of carboxylic acids is 1. The number of aromatic nitrogens is 4. The molecule has 96 valence electrons. The first kappa shape index (κ1) is 13.6. The molecule has 0 aliphatic carbocycles. The van der Waals surface area contributed by atoms with Gasteiger partial charge in [0.05, 0.1) is 0 Å². The summed E-state index contributed by atoms with van der Waals surface area (Å²) in [7, 11) is 0. The van der Waals surface area contributed by atoms with Gasteiger partial charge in [-0.1, -0.05) is 27.7 Å². The van der Waals surface area contributed by atoms with E-state index < -0.39 is 12.0 Å². The monoisotopic (exact) mass is 240 g/mol. The molecule has 0 radical (unpaired) electrons. The van der Waals surface area contributed by atoms with E-state index in [1.807, 2.05) is 0 Å². The molecule has 6 nitrogen and oxygen atoms in total. The van der Waals surface area contributed by atoms with Crippen LogP contribution in [0.4, 0.5) is 0 Å². The number of rotatable bonds is 4. The summed E-state index contributed by atoms with van der Waals surface area (Å²) in [4.78, 5) is 10.9. The summed E-state index contributed by atoms with van der Waals surface area (Å²) in [6.45, 7) is 10.1. The van der Waals surface area contributed by atoms with Crippen molar-refractivity contribution in [1.29, 1.82) is 0 Å². The molecule has 1 aromatic heterocycles. The van der Waals surface area contributed by atoms with Crippen LogP contribution in [0.5, 0.6) is 0 Å². The van der Waals surface area contributed by atoms with Gasteiger partial charge in [-0.15, -0.1) is 5.10 Å². The lowest BCUT2D eigenvalue weighted by Crippen LogP contribution is -2.24. The fourth-order valence-corrected chi connectivity index (χ4v) is 1.33. The summed E-state index contributed by atoms with van der Waals surface area (Å²) in [6, 6.07) is -0.729. The van der Waals surface area contributed by atoms with Crippen molar-refractivity contribution in [2.75, 3.05) is 0 Å². The van der Waals surface area contributed by atoms with Gasteiger partial charge in [-0.2, -0.15) is 0 Å². The third kappa shape index (κ3) is 3.25. The zero-order chi connectivity index (χ0) is 13.2. The maximum atomic E-state index is 10.9. The molecule has 0 bridgehead atoms. The number of hydrogen-bond donors (Lipinski definition) is 1. The van der Waals surface area contributed by atoms with E-state index in [0.29, 0.717) is 18.2 Å². The van der Waals surface area contributed by atoms with Crippen molar-refractivity contribution >= 4 is 5.97 Å². The summed E-state index contributed by atoms with van der Waals surface area (Å²) in [5.74, 6) is 0.0672. The number of carbonyl (C=O) groups is 1. The molecule has 17 heavy (non-hydrogen) atoms. The molecule has 2 unspecified atom stereocenters. The molecule has 0 aliphatic heterocycles.